The lowest BCUT2D eigenvalue weighted by Gasteiger charge is -2.20. The van der Waals surface area contributed by atoms with Crippen LogP contribution in [0.4, 0.5) is 35.1 Å². The summed E-state index contributed by atoms with van der Waals surface area (Å²) in [7, 11) is 0. The second kappa shape index (κ2) is 8.76. The molecule has 5 rings (SSSR count). The summed E-state index contributed by atoms with van der Waals surface area (Å²) in [5.74, 6) is -11.7. The normalized spacial score (nSPS) is 11.9. The third-order valence-corrected chi connectivity index (χ3v) is 5.95. The van der Waals surface area contributed by atoms with Crippen molar-refractivity contribution >= 4 is 21.5 Å². The maximum atomic E-state index is 15.1. The van der Waals surface area contributed by atoms with Crippen molar-refractivity contribution in [1.82, 2.24) is 0 Å². The Labute approximate surface area is 204 Å². The van der Waals surface area contributed by atoms with Gasteiger partial charge in [0, 0.05) is 17.7 Å². The standard InChI is InChI=1S/C28H14F8O/c1-13-2-3-15-9-16(5-4-14(15)8-13)19-10-17-6-7-20(25(32)23(17)27(34)24(19)31)28(35,36)37-18-11-21(29)26(33)22(30)12-18/h2-12H,1H3. The molecule has 0 aliphatic rings. The van der Waals surface area contributed by atoms with Crippen molar-refractivity contribution in [3.05, 3.63) is 113 Å². The molecule has 0 saturated carbocycles. The van der Waals surface area contributed by atoms with E-state index in [0.717, 1.165) is 28.5 Å². The van der Waals surface area contributed by atoms with Gasteiger partial charge in [-0.05, 0) is 46.8 Å². The summed E-state index contributed by atoms with van der Waals surface area (Å²) in [6.45, 7) is 1.90. The second-order valence-corrected chi connectivity index (χ2v) is 8.46. The van der Waals surface area contributed by atoms with E-state index in [1.807, 2.05) is 19.1 Å². The third kappa shape index (κ3) is 4.24. The highest BCUT2D eigenvalue weighted by atomic mass is 19.3. The van der Waals surface area contributed by atoms with Gasteiger partial charge in [0.15, 0.2) is 29.1 Å². The topological polar surface area (TPSA) is 9.23 Å². The Bertz CT molecular complexity index is 1690. The number of halogens is 8. The average molecular weight is 518 g/mol. The molecule has 0 saturated heterocycles. The van der Waals surface area contributed by atoms with Crippen LogP contribution in [0.2, 0.25) is 0 Å². The van der Waals surface area contributed by atoms with Crippen LogP contribution in [0.25, 0.3) is 32.7 Å². The maximum Gasteiger partial charge on any atom is 0.429 e. The van der Waals surface area contributed by atoms with Crippen LogP contribution in [-0.2, 0) is 6.11 Å². The summed E-state index contributed by atoms with van der Waals surface area (Å²) in [5, 5.41) is 0.336. The predicted octanol–water partition coefficient (Wildman–Crippen LogP) is 8.93. The molecule has 1 nitrogen and oxygen atoms in total. The van der Waals surface area contributed by atoms with Gasteiger partial charge in [-0.3, -0.25) is 0 Å². The number of alkyl halides is 2. The van der Waals surface area contributed by atoms with Gasteiger partial charge in [0.25, 0.3) is 0 Å². The molecule has 0 fully saturated rings. The van der Waals surface area contributed by atoms with Crippen LogP contribution in [0.3, 0.4) is 0 Å². The van der Waals surface area contributed by atoms with Crippen molar-refractivity contribution in [1.29, 1.82) is 0 Å². The molecule has 188 valence electrons. The molecule has 0 amide bonds. The molecule has 9 heteroatoms. The Morgan fingerprint density at radius 3 is 1.92 bits per heavy atom. The zero-order chi connectivity index (χ0) is 26.6. The lowest BCUT2D eigenvalue weighted by molar-refractivity contribution is -0.187. The highest BCUT2D eigenvalue weighted by Crippen LogP contribution is 2.39. The molecule has 0 bridgehead atoms. The molecule has 0 spiro atoms. The van der Waals surface area contributed by atoms with Gasteiger partial charge < -0.3 is 4.74 Å². The third-order valence-electron chi connectivity index (χ3n) is 5.95. The van der Waals surface area contributed by atoms with E-state index < -0.39 is 57.7 Å². The molecule has 5 aromatic carbocycles. The molecule has 0 radical (unpaired) electrons. The van der Waals surface area contributed by atoms with Crippen LogP contribution in [0.1, 0.15) is 11.1 Å². The highest BCUT2D eigenvalue weighted by Gasteiger charge is 2.39. The fraction of sp³-hybridized carbons (Fsp3) is 0.0714. The van der Waals surface area contributed by atoms with Gasteiger partial charge >= 0.3 is 6.11 Å². The Morgan fingerprint density at radius 2 is 1.22 bits per heavy atom. The summed E-state index contributed by atoms with van der Waals surface area (Å²) in [6.07, 6.45) is -4.58. The molecule has 0 heterocycles. The monoisotopic (exact) mass is 518 g/mol. The summed E-state index contributed by atoms with van der Waals surface area (Å²) in [5.41, 5.74) is -0.435. The first-order valence-electron chi connectivity index (χ1n) is 10.8. The van der Waals surface area contributed by atoms with Gasteiger partial charge in [0.1, 0.15) is 17.1 Å². The van der Waals surface area contributed by atoms with Gasteiger partial charge in [-0.25, -0.2) is 26.3 Å². The Hall–Kier alpha value is -4.14. The first kappa shape index (κ1) is 24.5. The Kier molecular flexibility index (Phi) is 5.81. The number of hydrogen-bond acceptors (Lipinski definition) is 1. The molecule has 0 aliphatic carbocycles. The molecule has 0 atom stereocenters. The number of rotatable bonds is 4. The number of benzene rings is 5. The van der Waals surface area contributed by atoms with Crippen molar-refractivity contribution in [3.8, 4) is 16.9 Å². The molecule has 0 unspecified atom stereocenters. The van der Waals surface area contributed by atoms with Crippen LogP contribution in [0.15, 0.2) is 66.7 Å². The van der Waals surface area contributed by atoms with Crippen molar-refractivity contribution in [2.75, 3.05) is 0 Å². The second-order valence-electron chi connectivity index (χ2n) is 8.46. The van der Waals surface area contributed by atoms with E-state index in [1.54, 1.807) is 24.3 Å². The summed E-state index contributed by atoms with van der Waals surface area (Å²) in [4.78, 5) is 0. The fourth-order valence-electron chi connectivity index (χ4n) is 4.14. The van der Waals surface area contributed by atoms with Gasteiger partial charge in [-0.1, -0.05) is 42.0 Å². The molecule has 0 aromatic heterocycles. The molecule has 0 aliphatic heterocycles. The minimum absolute atomic E-state index is 0.142. The van der Waals surface area contributed by atoms with Crippen molar-refractivity contribution in [2.24, 2.45) is 0 Å². The van der Waals surface area contributed by atoms with E-state index >= 15 is 13.2 Å². The number of ether oxygens (including phenoxy) is 1. The van der Waals surface area contributed by atoms with Crippen molar-refractivity contribution < 1.29 is 39.9 Å². The molecular weight excluding hydrogens is 504 g/mol. The van der Waals surface area contributed by atoms with Gasteiger partial charge in [-0.2, -0.15) is 8.78 Å². The van der Waals surface area contributed by atoms with Crippen molar-refractivity contribution in [3.63, 3.8) is 0 Å². The zero-order valence-electron chi connectivity index (χ0n) is 18.8. The van der Waals surface area contributed by atoms with E-state index in [4.69, 9.17) is 0 Å². The van der Waals surface area contributed by atoms with Crippen LogP contribution < -0.4 is 4.74 Å². The van der Waals surface area contributed by atoms with Crippen LogP contribution in [0, 0.1) is 41.8 Å². The molecule has 5 aromatic rings. The summed E-state index contributed by atoms with van der Waals surface area (Å²) < 4.78 is 119. The zero-order valence-corrected chi connectivity index (χ0v) is 18.8. The van der Waals surface area contributed by atoms with Crippen molar-refractivity contribution in [2.45, 2.75) is 13.0 Å². The van der Waals surface area contributed by atoms with E-state index in [9.17, 15) is 22.0 Å². The van der Waals surface area contributed by atoms with E-state index in [0.29, 0.717) is 6.07 Å². The lowest BCUT2D eigenvalue weighted by Crippen LogP contribution is -2.24. The smallest absolute Gasteiger partial charge is 0.429 e. The SMILES string of the molecule is Cc1ccc2cc(-c3cc4ccc(C(F)(F)Oc5cc(F)c(F)c(F)c5)c(F)c4c(F)c3F)ccc2c1. The number of hydrogen-bond donors (Lipinski definition) is 0. The summed E-state index contributed by atoms with van der Waals surface area (Å²) in [6, 6.07) is 13.4. The Balaban J connectivity index is 1.59. The highest BCUT2D eigenvalue weighted by molar-refractivity contribution is 5.92. The van der Waals surface area contributed by atoms with Crippen LogP contribution in [0.5, 0.6) is 5.75 Å². The number of aryl methyl sites for hydroxylation is 1. The minimum Gasteiger partial charge on any atom is -0.429 e. The average Bonchev–Trinajstić information content (AvgIpc) is 2.84. The quantitative estimate of drug-likeness (QED) is 0.171. The maximum absolute atomic E-state index is 15.1. The first-order valence-corrected chi connectivity index (χ1v) is 10.8. The predicted molar refractivity (Wildman–Crippen MR) is 122 cm³/mol. The van der Waals surface area contributed by atoms with Gasteiger partial charge in [0.05, 0.1) is 5.39 Å². The largest absolute Gasteiger partial charge is 0.429 e. The Morgan fingerprint density at radius 1 is 0.595 bits per heavy atom. The molecular formula is C28H14F8O. The van der Waals surface area contributed by atoms with E-state index in [1.165, 1.54) is 0 Å². The summed E-state index contributed by atoms with van der Waals surface area (Å²) >= 11 is 0. The van der Waals surface area contributed by atoms with E-state index in [-0.39, 0.29) is 28.6 Å². The molecule has 37 heavy (non-hydrogen) atoms. The van der Waals surface area contributed by atoms with Gasteiger partial charge in [0.2, 0.25) is 0 Å². The fourth-order valence-corrected chi connectivity index (χ4v) is 4.14. The molecule has 0 N–H and O–H groups in total. The lowest BCUT2D eigenvalue weighted by atomic mass is 9.96. The minimum atomic E-state index is -4.58. The van der Waals surface area contributed by atoms with Crippen LogP contribution >= 0.6 is 0 Å². The van der Waals surface area contributed by atoms with Gasteiger partial charge in [-0.15, -0.1) is 0 Å². The number of fused-ring (bicyclic) bond motifs is 2. The van der Waals surface area contributed by atoms with E-state index in [2.05, 4.69) is 4.74 Å². The first-order chi connectivity index (χ1) is 17.5. The van der Waals surface area contributed by atoms with Crippen LogP contribution in [-0.4, -0.2) is 0 Å².